The van der Waals surface area contributed by atoms with Gasteiger partial charge in [0.2, 0.25) is 0 Å². The monoisotopic (exact) mass is 328 g/mol. The second kappa shape index (κ2) is 9.93. The van der Waals surface area contributed by atoms with Gasteiger partial charge in [0.25, 0.3) is 0 Å². The molecule has 0 spiro atoms. The summed E-state index contributed by atoms with van der Waals surface area (Å²) in [5.74, 6) is -1.83. The highest BCUT2D eigenvalue weighted by Gasteiger charge is 2.38. The van der Waals surface area contributed by atoms with E-state index in [9.17, 15) is 9.67 Å². The Balaban J connectivity index is 2.61. The molecule has 2 atom stereocenters. The predicted octanol–water partition coefficient (Wildman–Crippen LogP) is 3.59. The molecule has 0 bridgehead atoms. The smallest absolute Gasteiger partial charge is 0.359 e. The molecule has 1 rings (SSSR count). The number of aliphatic hydroxyl groups is 1. The van der Waals surface area contributed by atoms with Crippen molar-refractivity contribution < 1.29 is 23.5 Å². The van der Waals surface area contributed by atoms with E-state index in [0.717, 1.165) is 5.56 Å². The molecule has 0 aliphatic carbocycles. The maximum Gasteiger partial charge on any atom is 0.359 e. The van der Waals surface area contributed by atoms with E-state index >= 15 is 0 Å². The molecule has 5 nitrogen and oxygen atoms in total. The highest BCUT2D eigenvalue weighted by Crippen LogP contribution is 2.54. The molecule has 0 radical (unpaired) electrons. The van der Waals surface area contributed by atoms with Crippen molar-refractivity contribution in [3.05, 3.63) is 48.6 Å². The number of ether oxygens (including phenoxy) is 1. The molecule has 124 valence electrons. The fourth-order valence-corrected chi connectivity index (χ4v) is 3.72. The zero-order valence-electron chi connectivity index (χ0n) is 13.2. The normalized spacial score (nSPS) is 14.5. The molecular weight excluding hydrogens is 303 g/mol. The van der Waals surface area contributed by atoms with Crippen molar-refractivity contribution in [2.75, 3.05) is 19.8 Å². The quantitative estimate of drug-likeness (QED) is 0.497. The Morgan fingerprint density at radius 2 is 1.82 bits per heavy atom. The maximum absolute atomic E-state index is 12.5. The Labute approximate surface area is 132 Å². The largest absolute Gasteiger partial charge is 0.380 e. The standard InChI is InChI=1S/C16H25O5P/c1-4-15(13-19-12-14-10-8-7-9-11-14)16(17)22(18,20-5-2)21-6-3/h4,7-11,15-17H,1,5-6,12-13H2,2-3H3/t15-,16-/m0/s1. The first-order valence-electron chi connectivity index (χ1n) is 7.38. The molecule has 0 unspecified atom stereocenters. The van der Waals surface area contributed by atoms with Crippen LogP contribution >= 0.6 is 7.60 Å². The summed E-state index contributed by atoms with van der Waals surface area (Å²) in [7, 11) is -3.59. The van der Waals surface area contributed by atoms with Crippen LogP contribution in [0.25, 0.3) is 0 Å². The lowest BCUT2D eigenvalue weighted by Gasteiger charge is -2.27. The summed E-state index contributed by atoms with van der Waals surface area (Å²) in [5, 5.41) is 10.3. The third-order valence-electron chi connectivity index (χ3n) is 3.05. The van der Waals surface area contributed by atoms with Gasteiger partial charge in [-0.3, -0.25) is 4.57 Å². The molecule has 0 aliphatic rings. The lowest BCUT2D eigenvalue weighted by molar-refractivity contribution is 0.0523. The van der Waals surface area contributed by atoms with Crippen LogP contribution in [0.5, 0.6) is 0 Å². The van der Waals surface area contributed by atoms with Crippen LogP contribution in [0, 0.1) is 5.92 Å². The minimum atomic E-state index is -3.59. The second-order valence-electron chi connectivity index (χ2n) is 4.69. The van der Waals surface area contributed by atoms with Gasteiger partial charge in [-0.2, -0.15) is 0 Å². The van der Waals surface area contributed by atoms with Gasteiger partial charge >= 0.3 is 7.60 Å². The van der Waals surface area contributed by atoms with Crippen LogP contribution in [-0.2, 0) is 25.0 Å². The van der Waals surface area contributed by atoms with Gasteiger partial charge in [0.05, 0.1) is 26.4 Å². The molecule has 6 heteroatoms. The van der Waals surface area contributed by atoms with Crippen molar-refractivity contribution in [1.29, 1.82) is 0 Å². The van der Waals surface area contributed by atoms with Crippen LogP contribution in [0.15, 0.2) is 43.0 Å². The topological polar surface area (TPSA) is 65.0 Å². The zero-order valence-corrected chi connectivity index (χ0v) is 14.1. The number of hydrogen-bond donors (Lipinski definition) is 1. The minimum absolute atomic E-state index is 0.184. The van der Waals surface area contributed by atoms with Gasteiger partial charge in [-0.25, -0.2) is 0 Å². The van der Waals surface area contributed by atoms with Gasteiger partial charge < -0.3 is 18.9 Å². The Hall–Kier alpha value is -0.970. The average molecular weight is 328 g/mol. The first kappa shape index (κ1) is 19.1. The highest BCUT2D eigenvalue weighted by molar-refractivity contribution is 7.54. The van der Waals surface area contributed by atoms with Crippen LogP contribution in [0.3, 0.4) is 0 Å². The number of rotatable bonds is 11. The van der Waals surface area contributed by atoms with Crippen molar-refractivity contribution in [2.24, 2.45) is 5.92 Å². The van der Waals surface area contributed by atoms with E-state index in [1.807, 2.05) is 30.3 Å². The zero-order chi connectivity index (χ0) is 16.4. The molecule has 0 fully saturated rings. The van der Waals surface area contributed by atoms with E-state index in [2.05, 4.69) is 6.58 Å². The Morgan fingerprint density at radius 1 is 1.23 bits per heavy atom. The highest BCUT2D eigenvalue weighted by atomic mass is 31.2. The van der Waals surface area contributed by atoms with Gasteiger partial charge in [-0.05, 0) is 19.4 Å². The van der Waals surface area contributed by atoms with Crippen molar-refractivity contribution in [1.82, 2.24) is 0 Å². The molecule has 0 saturated heterocycles. The van der Waals surface area contributed by atoms with Crippen LogP contribution in [0.2, 0.25) is 0 Å². The fraction of sp³-hybridized carbons (Fsp3) is 0.500. The van der Waals surface area contributed by atoms with E-state index in [0.29, 0.717) is 6.61 Å². The Kier molecular flexibility index (Phi) is 8.61. The average Bonchev–Trinajstić information content (AvgIpc) is 2.52. The van der Waals surface area contributed by atoms with E-state index in [1.165, 1.54) is 6.08 Å². The molecule has 0 aliphatic heterocycles. The molecular formula is C16H25O5P. The predicted molar refractivity (Wildman–Crippen MR) is 86.7 cm³/mol. The van der Waals surface area contributed by atoms with Crippen molar-refractivity contribution in [2.45, 2.75) is 26.3 Å². The summed E-state index contributed by atoms with van der Waals surface area (Å²) in [5.41, 5.74) is 1.03. The van der Waals surface area contributed by atoms with Gasteiger partial charge in [0, 0.05) is 5.92 Å². The maximum atomic E-state index is 12.5. The molecule has 0 saturated carbocycles. The molecule has 0 amide bonds. The summed E-state index contributed by atoms with van der Waals surface area (Å²) in [6.45, 7) is 8.06. The van der Waals surface area contributed by atoms with Crippen LogP contribution in [0.1, 0.15) is 19.4 Å². The third kappa shape index (κ3) is 5.67. The van der Waals surface area contributed by atoms with Crippen LogP contribution in [0.4, 0.5) is 0 Å². The molecule has 0 aromatic heterocycles. The number of hydrogen-bond acceptors (Lipinski definition) is 5. The number of benzene rings is 1. The summed E-state index contributed by atoms with van der Waals surface area (Å²) >= 11 is 0. The second-order valence-corrected chi connectivity index (χ2v) is 6.81. The van der Waals surface area contributed by atoms with E-state index in [4.69, 9.17) is 13.8 Å². The number of aliphatic hydroxyl groups excluding tert-OH is 1. The summed E-state index contributed by atoms with van der Waals surface area (Å²) < 4.78 is 28.4. The molecule has 0 heterocycles. The molecule has 1 N–H and O–H groups in total. The lowest BCUT2D eigenvalue weighted by Crippen LogP contribution is -2.25. The van der Waals surface area contributed by atoms with Gasteiger partial charge in [-0.1, -0.05) is 36.4 Å². The molecule has 1 aromatic carbocycles. The van der Waals surface area contributed by atoms with Gasteiger partial charge in [-0.15, -0.1) is 6.58 Å². The fourth-order valence-electron chi connectivity index (χ4n) is 1.95. The van der Waals surface area contributed by atoms with Gasteiger partial charge in [0.15, 0.2) is 5.85 Å². The van der Waals surface area contributed by atoms with E-state index in [-0.39, 0.29) is 19.8 Å². The summed E-state index contributed by atoms with van der Waals surface area (Å²) in [4.78, 5) is 0. The lowest BCUT2D eigenvalue weighted by atomic mass is 10.2. The first-order valence-corrected chi connectivity index (χ1v) is 8.99. The SMILES string of the molecule is C=C[C@@H](COCc1ccccc1)[C@@H](O)P(=O)(OCC)OCC. The summed E-state index contributed by atoms with van der Waals surface area (Å²) in [6, 6.07) is 9.68. The van der Waals surface area contributed by atoms with Crippen LogP contribution in [-0.4, -0.2) is 30.8 Å². The van der Waals surface area contributed by atoms with E-state index in [1.54, 1.807) is 13.8 Å². The molecule has 1 aromatic rings. The van der Waals surface area contributed by atoms with Crippen molar-refractivity contribution >= 4 is 7.60 Å². The van der Waals surface area contributed by atoms with Crippen LogP contribution < -0.4 is 0 Å². The molecule has 22 heavy (non-hydrogen) atoms. The van der Waals surface area contributed by atoms with Crippen molar-refractivity contribution in [3.63, 3.8) is 0 Å². The minimum Gasteiger partial charge on any atom is -0.380 e. The van der Waals surface area contributed by atoms with Crippen molar-refractivity contribution in [3.8, 4) is 0 Å². The first-order chi connectivity index (χ1) is 10.6. The Morgan fingerprint density at radius 3 is 2.32 bits per heavy atom. The summed E-state index contributed by atoms with van der Waals surface area (Å²) in [6.07, 6.45) is 1.51. The third-order valence-corrected chi connectivity index (χ3v) is 5.32. The van der Waals surface area contributed by atoms with E-state index < -0.39 is 19.4 Å². The Bertz CT molecular complexity index is 467. The van der Waals surface area contributed by atoms with Gasteiger partial charge in [0.1, 0.15) is 0 Å².